The van der Waals surface area contributed by atoms with E-state index >= 15 is 0 Å². The van der Waals surface area contributed by atoms with E-state index in [1.54, 1.807) is 0 Å². The van der Waals surface area contributed by atoms with Crippen LogP contribution in [0.3, 0.4) is 0 Å². The second kappa shape index (κ2) is 6.91. The standard InChI is InChI=1S/C15H14Br3N/c1-2-14(10-6-4-3-5-7-10)19-15-12(17)8-11(16)9-13(15)18/h3-9,14,19H,2H2,1H3. The molecule has 0 radical (unpaired) electrons. The van der Waals surface area contributed by atoms with E-state index in [0.717, 1.165) is 25.5 Å². The van der Waals surface area contributed by atoms with E-state index < -0.39 is 0 Å². The van der Waals surface area contributed by atoms with Crippen LogP contribution in [0.1, 0.15) is 24.9 Å². The molecule has 1 unspecified atom stereocenters. The normalized spacial score (nSPS) is 12.2. The van der Waals surface area contributed by atoms with Gasteiger partial charge in [0.15, 0.2) is 0 Å². The van der Waals surface area contributed by atoms with Gasteiger partial charge in [0, 0.05) is 13.4 Å². The first kappa shape index (κ1) is 15.1. The van der Waals surface area contributed by atoms with Crippen molar-refractivity contribution >= 4 is 53.5 Å². The molecule has 1 N–H and O–H groups in total. The SMILES string of the molecule is CCC(Nc1c(Br)cc(Br)cc1Br)c1ccccc1. The molecule has 0 heterocycles. The van der Waals surface area contributed by atoms with Crippen LogP contribution in [0, 0.1) is 0 Å². The Morgan fingerprint density at radius 1 is 1.00 bits per heavy atom. The highest BCUT2D eigenvalue weighted by Gasteiger charge is 2.13. The Morgan fingerprint density at radius 3 is 2.11 bits per heavy atom. The van der Waals surface area contributed by atoms with Crippen molar-refractivity contribution < 1.29 is 0 Å². The topological polar surface area (TPSA) is 12.0 Å². The Labute approximate surface area is 139 Å². The van der Waals surface area contributed by atoms with E-state index in [1.165, 1.54) is 5.56 Å². The van der Waals surface area contributed by atoms with E-state index in [1.807, 2.05) is 18.2 Å². The van der Waals surface area contributed by atoms with Gasteiger partial charge in [0.1, 0.15) is 0 Å². The van der Waals surface area contributed by atoms with Crippen LogP contribution in [-0.4, -0.2) is 0 Å². The quantitative estimate of drug-likeness (QED) is 0.561. The number of hydrogen-bond acceptors (Lipinski definition) is 1. The second-order valence-electron chi connectivity index (χ2n) is 4.26. The zero-order valence-electron chi connectivity index (χ0n) is 10.5. The molecule has 1 nitrogen and oxygen atoms in total. The fourth-order valence-corrected chi connectivity index (χ4v) is 4.45. The van der Waals surface area contributed by atoms with Gasteiger partial charge in [-0.25, -0.2) is 0 Å². The molecule has 0 saturated carbocycles. The molecule has 0 bridgehead atoms. The van der Waals surface area contributed by atoms with Gasteiger partial charge in [0.05, 0.1) is 11.7 Å². The van der Waals surface area contributed by atoms with E-state index in [0.29, 0.717) is 6.04 Å². The summed E-state index contributed by atoms with van der Waals surface area (Å²) in [5, 5.41) is 3.59. The minimum atomic E-state index is 0.301. The molecule has 4 heteroatoms. The fourth-order valence-electron chi connectivity index (χ4n) is 1.96. The van der Waals surface area contributed by atoms with Crippen LogP contribution in [0.4, 0.5) is 5.69 Å². The van der Waals surface area contributed by atoms with Crippen LogP contribution >= 0.6 is 47.8 Å². The van der Waals surface area contributed by atoms with Gasteiger partial charge >= 0.3 is 0 Å². The van der Waals surface area contributed by atoms with Crippen molar-refractivity contribution in [3.05, 3.63) is 61.4 Å². The highest BCUT2D eigenvalue weighted by atomic mass is 79.9. The van der Waals surface area contributed by atoms with Gasteiger partial charge < -0.3 is 5.32 Å². The molecular weight excluding hydrogens is 434 g/mol. The lowest BCUT2D eigenvalue weighted by atomic mass is 10.0. The molecule has 1 atom stereocenters. The van der Waals surface area contributed by atoms with Crippen molar-refractivity contribution in [2.45, 2.75) is 19.4 Å². The lowest BCUT2D eigenvalue weighted by Crippen LogP contribution is -2.10. The maximum Gasteiger partial charge on any atom is 0.0634 e. The van der Waals surface area contributed by atoms with Gasteiger partial charge in [-0.15, -0.1) is 0 Å². The molecule has 0 fully saturated rings. The van der Waals surface area contributed by atoms with Gasteiger partial charge in [-0.2, -0.15) is 0 Å². The first-order chi connectivity index (χ1) is 9.11. The van der Waals surface area contributed by atoms with Crippen molar-refractivity contribution in [3.63, 3.8) is 0 Å². The Kier molecular flexibility index (Phi) is 5.48. The van der Waals surface area contributed by atoms with E-state index in [9.17, 15) is 0 Å². The number of rotatable bonds is 4. The molecule has 0 amide bonds. The van der Waals surface area contributed by atoms with Gasteiger partial charge in [-0.05, 0) is 56.0 Å². The van der Waals surface area contributed by atoms with Gasteiger partial charge in [0.2, 0.25) is 0 Å². The molecule has 0 aliphatic rings. The molecule has 0 aliphatic carbocycles. The first-order valence-electron chi connectivity index (χ1n) is 6.08. The third-order valence-corrected chi connectivity index (χ3v) is 4.64. The number of nitrogens with one attached hydrogen (secondary N) is 1. The van der Waals surface area contributed by atoms with Crippen molar-refractivity contribution in [1.82, 2.24) is 0 Å². The molecule has 19 heavy (non-hydrogen) atoms. The molecule has 0 saturated heterocycles. The molecule has 0 aliphatic heterocycles. The monoisotopic (exact) mass is 445 g/mol. The third-order valence-electron chi connectivity index (χ3n) is 2.94. The Balaban J connectivity index is 2.29. The summed E-state index contributed by atoms with van der Waals surface area (Å²) in [5.41, 5.74) is 2.38. The Hall–Kier alpha value is -0.320. The van der Waals surface area contributed by atoms with Crippen LogP contribution in [-0.2, 0) is 0 Å². The first-order valence-corrected chi connectivity index (χ1v) is 8.45. The summed E-state index contributed by atoms with van der Waals surface area (Å²) in [6, 6.07) is 14.9. The average molecular weight is 448 g/mol. The summed E-state index contributed by atoms with van der Waals surface area (Å²) < 4.78 is 3.14. The maximum absolute atomic E-state index is 3.61. The number of benzene rings is 2. The van der Waals surface area contributed by atoms with Gasteiger partial charge in [0.25, 0.3) is 0 Å². The van der Waals surface area contributed by atoms with Crippen molar-refractivity contribution in [3.8, 4) is 0 Å². The summed E-state index contributed by atoms with van der Waals surface area (Å²) in [5.74, 6) is 0. The minimum Gasteiger partial charge on any atom is -0.376 e. The molecule has 0 aromatic heterocycles. The van der Waals surface area contributed by atoms with E-state index in [2.05, 4.69) is 84.3 Å². The zero-order chi connectivity index (χ0) is 13.8. The number of hydrogen-bond donors (Lipinski definition) is 1. The van der Waals surface area contributed by atoms with Crippen molar-refractivity contribution in [1.29, 1.82) is 0 Å². The molecule has 2 aromatic rings. The van der Waals surface area contributed by atoms with Crippen LogP contribution in [0.2, 0.25) is 0 Å². The second-order valence-corrected chi connectivity index (χ2v) is 6.88. The Bertz CT molecular complexity index is 532. The predicted octanol–water partition coefficient (Wildman–Crippen LogP) is 6.54. The Morgan fingerprint density at radius 2 is 1.58 bits per heavy atom. The van der Waals surface area contributed by atoms with E-state index in [-0.39, 0.29) is 0 Å². The smallest absolute Gasteiger partial charge is 0.0634 e. The summed E-state index contributed by atoms with van der Waals surface area (Å²) >= 11 is 10.7. The minimum absolute atomic E-state index is 0.301. The highest BCUT2D eigenvalue weighted by Crippen LogP contribution is 2.37. The van der Waals surface area contributed by atoms with Crippen molar-refractivity contribution in [2.24, 2.45) is 0 Å². The highest BCUT2D eigenvalue weighted by molar-refractivity contribution is 9.11. The maximum atomic E-state index is 3.61. The van der Waals surface area contributed by atoms with Crippen LogP contribution in [0.15, 0.2) is 55.9 Å². The van der Waals surface area contributed by atoms with Crippen LogP contribution in [0.25, 0.3) is 0 Å². The number of halogens is 3. The molecule has 2 rings (SSSR count). The number of anilines is 1. The summed E-state index contributed by atoms with van der Waals surface area (Å²) in [4.78, 5) is 0. The molecular formula is C15H14Br3N. The van der Waals surface area contributed by atoms with Crippen LogP contribution < -0.4 is 5.32 Å². The van der Waals surface area contributed by atoms with Crippen molar-refractivity contribution in [2.75, 3.05) is 5.32 Å². The summed E-state index contributed by atoms with van der Waals surface area (Å²) in [6.07, 6.45) is 1.03. The lowest BCUT2D eigenvalue weighted by Gasteiger charge is -2.21. The summed E-state index contributed by atoms with van der Waals surface area (Å²) in [7, 11) is 0. The largest absolute Gasteiger partial charge is 0.376 e. The summed E-state index contributed by atoms with van der Waals surface area (Å²) in [6.45, 7) is 2.19. The van der Waals surface area contributed by atoms with Gasteiger partial charge in [-0.1, -0.05) is 53.2 Å². The molecule has 0 spiro atoms. The third kappa shape index (κ3) is 3.83. The zero-order valence-corrected chi connectivity index (χ0v) is 15.2. The lowest BCUT2D eigenvalue weighted by molar-refractivity contribution is 0.748. The predicted molar refractivity (Wildman–Crippen MR) is 92.6 cm³/mol. The molecule has 100 valence electrons. The van der Waals surface area contributed by atoms with Crippen LogP contribution in [0.5, 0.6) is 0 Å². The molecule has 2 aromatic carbocycles. The fraction of sp³-hybridized carbons (Fsp3) is 0.200. The van der Waals surface area contributed by atoms with Gasteiger partial charge in [-0.3, -0.25) is 0 Å². The van der Waals surface area contributed by atoms with E-state index in [4.69, 9.17) is 0 Å². The average Bonchev–Trinajstić information content (AvgIpc) is 2.39.